The Bertz CT molecular complexity index is 741. The van der Waals surface area contributed by atoms with Crippen LogP contribution in [0, 0.1) is 6.92 Å². The normalized spacial score (nSPS) is 17.3. The molecule has 0 bridgehead atoms. The van der Waals surface area contributed by atoms with Gasteiger partial charge in [-0.1, -0.05) is 6.07 Å². The van der Waals surface area contributed by atoms with Gasteiger partial charge >= 0.3 is 0 Å². The van der Waals surface area contributed by atoms with Crippen LogP contribution < -0.4 is 10.3 Å². The van der Waals surface area contributed by atoms with Gasteiger partial charge in [0.25, 0.3) is 5.56 Å². The lowest BCUT2D eigenvalue weighted by atomic mass is 10.3. The number of carbonyl (C=O) groups excluding carboxylic acids is 1. The second-order valence-electron chi connectivity index (χ2n) is 5.56. The van der Waals surface area contributed by atoms with Gasteiger partial charge in [-0.2, -0.15) is 5.10 Å². The highest BCUT2D eigenvalue weighted by Crippen LogP contribution is 2.17. The van der Waals surface area contributed by atoms with Gasteiger partial charge in [-0.15, -0.1) is 0 Å². The lowest BCUT2D eigenvalue weighted by Gasteiger charge is -2.17. The SMILES string of the molecule is Cc1ccc(O[C@@H]2CCN(C(=O)Cn3ncccc3=O)C2)nc1. The number of hydrogen-bond acceptors (Lipinski definition) is 5. The number of hydrogen-bond donors (Lipinski definition) is 0. The summed E-state index contributed by atoms with van der Waals surface area (Å²) in [4.78, 5) is 29.8. The maximum atomic E-state index is 12.3. The number of likely N-dealkylation sites (tertiary alicyclic amines) is 1. The fourth-order valence-corrected chi connectivity index (χ4v) is 2.48. The van der Waals surface area contributed by atoms with E-state index in [9.17, 15) is 9.59 Å². The van der Waals surface area contributed by atoms with Crippen LogP contribution in [0.3, 0.4) is 0 Å². The predicted octanol–water partition coefficient (Wildman–Crippen LogP) is 0.627. The molecule has 1 fully saturated rings. The van der Waals surface area contributed by atoms with Gasteiger partial charge in [0, 0.05) is 37.5 Å². The van der Waals surface area contributed by atoms with E-state index < -0.39 is 0 Å². The van der Waals surface area contributed by atoms with E-state index in [4.69, 9.17) is 4.74 Å². The number of rotatable bonds is 4. The maximum absolute atomic E-state index is 12.3. The molecule has 3 rings (SSSR count). The summed E-state index contributed by atoms with van der Waals surface area (Å²) in [6, 6.07) is 6.71. The van der Waals surface area contributed by atoms with Crippen molar-refractivity contribution in [2.24, 2.45) is 0 Å². The third-order valence-corrected chi connectivity index (χ3v) is 3.74. The molecule has 1 atom stereocenters. The van der Waals surface area contributed by atoms with Crippen molar-refractivity contribution in [3.8, 4) is 5.88 Å². The van der Waals surface area contributed by atoms with Crippen LogP contribution in [0.5, 0.6) is 5.88 Å². The Morgan fingerprint density at radius 1 is 1.39 bits per heavy atom. The summed E-state index contributed by atoms with van der Waals surface area (Å²) in [5.74, 6) is 0.435. The third kappa shape index (κ3) is 3.74. The van der Waals surface area contributed by atoms with Crippen LogP contribution in [-0.4, -0.2) is 44.8 Å². The summed E-state index contributed by atoms with van der Waals surface area (Å²) in [7, 11) is 0. The van der Waals surface area contributed by atoms with E-state index >= 15 is 0 Å². The zero-order valence-electron chi connectivity index (χ0n) is 12.9. The first-order valence-corrected chi connectivity index (χ1v) is 7.51. The predicted molar refractivity (Wildman–Crippen MR) is 83.1 cm³/mol. The fourth-order valence-electron chi connectivity index (χ4n) is 2.48. The molecular formula is C16H18N4O3. The molecule has 0 N–H and O–H groups in total. The van der Waals surface area contributed by atoms with Gasteiger partial charge in [0.05, 0.1) is 6.54 Å². The van der Waals surface area contributed by atoms with Crippen LogP contribution >= 0.6 is 0 Å². The van der Waals surface area contributed by atoms with E-state index in [-0.39, 0.29) is 24.1 Å². The molecule has 0 unspecified atom stereocenters. The zero-order valence-corrected chi connectivity index (χ0v) is 12.9. The Hall–Kier alpha value is -2.70. The molecule has 23 heavy (non-hydrogen) atoms. The van der Waals surface area contributed by atoms with Gasteiger partial charge in [-0.3, -0.25) is 9.59 Å². The number of nitrogens with zero attached hydrogens (tertiary/aromatic N) is 4. The highest BCUT2D eigenvalue weighted by atomic mass is 16.5. The number of carbonyl (C=O) groups is 1. The van der Waals surface area contributed by atoms with E-state index in [1.54, 1.807) is 17.2 Å². The second-order valence-corrected chi connectivity index (χ2v) is 5.56. The Labute approximate surface area is 133 Å². The zero-order chi connectivity index (χ0) is 16.2. The van der Waals surface area contributed by atoms with Crippen LogP contribution in [0.1, 0.15) is 12.0 Å². The van der Waals surface area contributed by atoms with Crippen LogP contribution in [0.15, 0.2) is 41.5 Å². The molecule has 1 aliphatic rings. The van der Waals surface area contributed by atoms with E-state index in [0.29, 0.717) is 19.0 Å². The number of amides is 1. The molecule has 1 amide bonds. The van der Waals surface area contributed by atoms with Crippen LogP contribution in [0.2, 0.25) is 0 Å². The van der Waals surface area contributed by atoms with E-state index in [2.05, 4.69) is 10.1 Å². The summed E-state index contributed by atoms with van der Waals surface area (Å²) in [5.41, 5.74) is 0.790. The summed E-state index contributed by atoms with van der Waals surface area (Å²) >= 11 is 0. The summed E-state index contributed by atoms with van der Waals surface area (Å²) in [5, 5.41) is 3.90. The molecular weight excluding hydrogens is 296 g/mol. The van der Waals surface area contributed by atoms with Crippen molar-refractivity contribution in [3.05, 3.63) is 52.6 Å². The summed E-state index contributed by atoms with van der Waals surface area (Å²) in [6.45, 7) is 3.02. The molecule has 2 aromatic rings. The second kappa shape index (κ2) is 6.60. The first-order valence-electron chi connectivity index (χ1n) is 7.51. The molecule has 1 saturated heterocycles. The molecule has 2 aromatic heterocycles. The molecule has 0 aliphatic carbocycles. The highest BCUT2D eigenvalue weighted by molar-refractivity contribution is 5.76. The van der Waals surface area contributed by atoms with Crippen molar-refractivity contribution in [2.75, 3.05) is 13.1 Å². The largest absolute Gasteiger partial charge is 0.472 e. The van der Waals surface area contributed by atoms with Crippen molar-refractivity contribution in [2.45, 2.75) is 26.0 Å². The van der Waals surface area contributed by atoms with E-state index in [0.717, 1.165) is 16.7 Å². The van der Waals surface area contributed by atoms with Crippen LogP contribution in [-0.2, 0) is 11.3 Å². The molecule has 3 heterocycles. The van der Waals surface area contributed by atoms with Crippen LogP contribution in [0.25, 0.3) is 0 Å². The van der Waals surface area contributed by atoms with Crippen molar-refractivity contribution < 1.29 is 9.53 Å². The molecule has 7 heteroatoms. The van der Waals surface area contributed by atoms with Crippen LogP contribution in [0.4, 0.5) is 0 Å². The molecule has 0 saturated carbocycles. The molecule has 1 aliphatic heterocycles. The van der Waals surface area contributed by atoms with Gasteiger partial charge < -0.3 is 9.64 Å². The Morgan fingerprint density at radius 2 is 2.26 bits per heavy atom. The topological polar surface area (TPSA) is 77.3 Å². The van der Waals surface area contributed by atoms with Gasteiger partial charge in [0.2, 0.25) is 11.8 Å². The molecule has 7 nitrogen and oxygen atoms in total. The number of aromatic nitrogens is 3. The minimum atomic E-state index is -0.281. The maximum Gasteiger partial charge on any atom is 0.267 e. The molecule has 0 radical (unpaired) electrons. The first-order chi connectivity index (χ1) is 11.1. The highest BCUT2D eigenvalue weighted by Gasteiger charge is 2.28. The molecule has 0 aromatic carbocycles. The van der Waals surface area contributed by atoms with Crippen molar-refractivity contribution >= 4 is 5.91 Å². The quantitative estimate of drug-likeness (QED) is 0.827. The van der Waals surface area contributed by atoms with Crippen molar-refractivity contribution in [3.63, 3.8) is 0 Å². The standard InChI is InChI=1S/C16H18N4O3/c1-12-4-5-14(17-9-12)23-13-6-8-19(10-13)16(22)11-20-15(21)3-2-7-18-20/h2-5,7,9,13H,6,8,10-11H2,1H3/t13-/m1/s1. The molecule has 0 spiro atoms. The average molecular weight is 314 g/mol. The fraction of sp³-hybridized carbons (Fsp3) is 0.375. The summed E-state index contributed by atoms with van der Waals surface area (Å²) < 4.78 is 6.96. The number of pyridine rings is 1. The average Bonchev–Trinajstić information content (AvgIpc) is 3.00. The minimum absolute atomic E-state index is 0.0465. The van der Waals surface area contributed by atoms with Crippen molar-refractivity contribution in [1.29, 1.82) is 0 Å². The van der Waals surface area contributed by atoms with Gasteiger partial charge in [-0.05, 0) is 18.6 Å². The Morgan fingerprint density at radius 3 is 3.00 bits per heavy atom. The lowest BCUT2D eigenvalue weighted by Crippen LogP contribution is -2.36. The lowest BCUT2D eigenvalue weighted by molar-refractivity contribution is -0.131. The smallest absolute Gasteiger partial charge is 0.267 e. The van der Waals surface area contributed by atoms with Crippen molar-refractivity contribution in [1.82, 2.24) is 19.7 Å². The first kappa shape index (κ1) is 15.2. The van der Waals surface area contributed by atoms with E-state index in [1.165, 1.54) is 12.3 Å². The third-order valence-electron chi connectivity index (χ3n) is 3.74. The minimum Gasteiger partial charge on any atom is -0.472 e. The summed E-state index contributed by atoms with van der Waals surface area (Å²) in [6.07, 6.45) is 3.92. The van der Waals surface area contributed by atoms with E-state index in [1.807, 2.05) is 19.1 Å². The van der Waals surface area contributed by atoms with Gasteiger partial charge in [-0.25, -0.2) is 9.67 Å². The Balaban J connectivity index is 1.57. The van der Waals surface area contributed by atoms with Gasteiger partial charge in [0.15, 0.2) is 0 Å². The monoisotopic (exact) mass is 314 g/mol. The number of ether oxygens (including phenoxy) is 1. The van der Waals surface area contributed by atoms with Gasteiger partial charge in [0.1, 0.15) is 12.6 Å². The Kier molecular flexibility index (Phi) is 4.36. The molecule has 120 valence electrons. The number of aryl methyl sites for hydroxylation is 1.